The molecule has 0 saturated heterocycles. The largest absolute Gasteiger partial charge is 0.337 e. The van der Waals surface area contributed by atoms with Crippen LogP contribution >= 0.6 is 0 Å². The third kappa shape index (κ3) is 3.52. The van der Waals surface area contributed by atoms with Crippen molar-refractivity contribution in [2.24, 2.45) is 0 Å². The predicted molar refractivity (Wildman–Crippen MR) is 122 cm³/mol. The number of aromatic nitrogens is 4. The van der Waals surface area contributed by atoms with Crippen molar-refractivity contribution in [3.8, 4) is 5.69 Å². The summed E-state index contributed by atoms with van der Waals surface area (Å²) in [6.45, 7) is 2.58. The third-order valence-electron chi connectivity index (χ3n) is 6.28. The summed E-state index contributed by atoms with van der Waals surface area (Å²) in [6.07, 6.45) is 6.65. The van der Waals surface area contributed by atoms with Crippen LogP contribution in [0.4, 0.5) is 0 Å². The van der Waals surface area contributed by atoms with Crippen molar-refractivity contribution in [1.29, 1.82) is 0 Å². The van der Waals surface area contributed by atoms with E-state index in [1.807, 2.05) is 34.9 Å². The number of fused-ring (bicyclic) bond motifs is 1. The zero-order valence-corrected chi connectivity index (χ0v) is 17.7. The highest BCUT2D eigenvalue weighted by molar-refractivity contribution is 5.72. The lowest BCUT2D eigenvalue weighted by Crippen LogP contribution is -2.43. The van der Waals surface area contributed by atoms with Crippen molar-refractivity contribution >= 4 is 11.2 Å². The first-order valence-corrected chi connectivity index (χ1v) is 11.0. The van der Waals surface area contributed by atoms with Crippen molar-refractivity contribution in [2.75, 3.05) is 0 Å². The summed E-state index contributed by atoms with van der Waals surface area (Å²) >= 11 is 0. The van der Waals surface area contributed by atoms with Gasteiger partial charge in [-0.05, 0) is 37.5 Å². The summed E-state index contributed by atoms with van der Waals surface area (Å²) in [5, 5.41) is 0. The lowest BCUT2D eigenvalue weighted by atomic mass is 9.95. The van der Waals surface area contributed by atoms with Crippen molar-refractivity contribution in [3.63, 3.8) is 0 Å². The lowest BCUT2D eigenvalue weighted by Gasteiger charge is -2.24. The van der Waals surface area contributed by atoms with Crippen LogP contribution in [-0.4, -0.2) is 18.7 Å². The Balaban J connectivity index is 1.75. The zero-order valence-electron chi connectivity index (χ0n) is 17.7. The molecule has 1 saturated carbocycles. The minimum atomic E-state index is -0.295. The Bertz CT molecular complexity index is 1320. The van der Waals surface area contributed by atoms with E-state index in [0.29, 0.717) is 17.7 Å². The molecule has 2 aromatic heterocycles. The second-order valence-electron chi connectivity index (χ2n) is 8.45. The van der Waals surface area contributed by atoms with Crippen LogP contribution in [0.25, 0.3) is 16.9 Å². The van der Waals surface area contributed by atoms with Gasteiger partial charge in [-0.25, -0.2) is 14.3 Å². The van der Waals surface area contributed by atoms with Crippen LogP contribution in [0, 0.1) is 6.92 Å². The second kappa shape index (κ2) is 8.02. The minimum absolute atomic E-state index is 0.0594. The van der Waals surface area contributed by atoms with Gasteiger partial charge in [0.15, 0.2) is 11.2 Å². The third-order valence-corrected chi connectivity index (χ3v) is 6.28. The fourth-order valence-corrected chi connectivity index (χ4v) is 4.63. The molecule has 0 atom stereocenters. The van der Waals surface area contributed by atoms with E-state index in [1.165, 1.54) is 10.1 Å². The van der Waals surface area contributed by atoms with E-state index in [9.17, 15) is 9.59 Å². The number of hydrogen-bond acceptors (Lipinski definition) is 3. The number of imidazole rings is 1. The number of para-hydroxylation sites is 1. The standard InChI is InChI=1S/C25H26N4O2/c1-18-12-14-19(15-13-18)16-27-17-26-23-22(27)24(30)29(21-10-6-3-7-11-21)25(31)28(23)20-8-4-2-5-9-20/h2,4-5,8-9,12-15,17,21H,3,6-7,10-11,16H2,1H3. The molecule has 6 heteroatoms. The molecule has 0 aliphatic heterocycles. The summed E-state index contributed by atoms with van der Waals surface area (Å²) in [4.78, 5) is 31.8. The number of nitrogens with zero attached hydrogens (tertiary/aromatic N) is 4. The molecule has 1 aliphatic carbocycles. The van der Waals surface area contributed by atoms with E-state index in [-0.39, 0.29) is 17.3 Å². The van der Waals surface area contributed by atoms with Gasteiger partial charge in [0.2, 0.25) is 0 Å². The van der Waals surface area contributed by atoms with Crippen LogP contribution in [0.15, 0.2) is 70.5 Å². The maximum Gasteiger partial charge on any atom is 0.337 e. The van der Waals surface area contributed by atoms with Crippen LogP contribution in [-0.2, 0) is 6.54 Å². The number of aryl methyl sites for hydroxylation is 1. The molecule has 0 bridgehead atoms. The first kappa shape index (κ1) is 19.5. The number of hydrogen-bond donors (Lipinski definition) is 0. The average Bonchev–Trinajstić information content (AvgIpc) is 3.20. The topological polar surface area (TPSA) is 61.8 Å². The van der Waals surface area contributed by atoms with Gasteiger partial charge in [-0.2, -0.15) is 0 Å². The van der Waals surface area contributed by atoms with Gasteiger partial charge in [0.05, 0.1) is 12.0 Å². The van der Waals surface area contributed by atoms with Gasteiger partial charge in [-0.3, -0.25) is 9.36 Å². The van der Waals surface area contributed by atoms with Gasteiger partial charge in [0, 0.05) is 12.6 Å². The van der Waals surface area contributed by atoms with Gasteiger partial charge in [-0.1, -0.05) is 67.3 Å². The highest BCUT2D eigenvalue weighted by Crippen LogP contribution is 2.26. The van der Waals surface area contributed by atoms with E-state index in [2.05, 4.69) is 36.2 Å². The quantitative estimate of drug-likeness (QED) is 0.503. The van der Waals surface area contributed by atoms with Gasteiger partial charge in [0.25, 0.3) is 5.56 Å². The van der Waals surface area contributed by atoms with Crippen LogP contribution in [0.5, 0.6) is 0 Å². The molecule has 158 valence electrons. The van der Waals surface area contributed by atoms with Crippen LogP contribution in [0.3, 0.4) is 0 Å². The molecule has 5 rings (SSSR count). The molecule has 2 heterocycles. The van der Waals surface area contributed by atoms with Gasteiger partial charge < -0.3 is 4.57 Å². The number of benzene rings is 2. The Morgan fingerprint density at radius 1 is 0.935 bits per heavy atom. The first-order valence-electron chi connectivity index (χ1n) is 11.0. The molecule has 2 aromatic carbocycles. The molecule has 0 radical (unpaired) electrons. The van der Waals surface area contributed by atoms with Crippen molar-refractivity contribution in [1.82, 2.24) is 18.7 Å². The molecule has 4 aromatic rings. The Morgan fingerprint density at radius 3 is 2.35 bits per heavy atom. The molecule has 0 spiro atoms. The first-order chi connectivity index (χ1) is 15.1. The van der Waals surface area contributed by atoms with Gasteiger partial charge >= 0.3 is 5.69 Å². The summed E-state index contributed by atoms with van der Waals surface area (Å²) < 4.78 is 4.96. The SMILES string of the molecule is Cc1ccc(Cn2cnc3c2c(=O)n(C2CCCCC2)c(=O)n3-c2ccccc2)cc1. The van der Waals surface area contributed by atoms with Crippen molar-refractivity contribution in [2.45, 2.75) is 51.6 Å². The fourth-order valence-electron chi connectivity index (χ4n) is 4.63. The van der Waals surface area contributed by atoms with E-state index in [4.69, 9.17) is 0 Å². The Labute approximate surface area is 180 Å². The number of rotatable bonds is 4. The molecule has 1 fully saturated rings. The summed E-state index contributed by atoms with van der Waals surface area (Å²) in [5.41, 5.74) is 3.38. The maximum atomic E-state index is 13.6. The molecular weight excluding hydrogens is 388 g/mol. The monoisotopic (exact) mass is 414 g/mol. The Morgan fingerprint density at radius 2 is 1.65 bits per heavy atom. The average molecular weight is 415 g/mol. The van der Waals surface area contributed by atoms with Crippen LogP contribution < -0.4 is 11.2 Å². The maximum absolute atomic E-state index is 13.6. The highest BCUT2D eigenvalue weighted by atomic mass is 16.2. The molecule has 31 heavy (non-hydrogen) atoms. The molecule has 1 aliphatic rings. The minimum Gasteiger partial charge on any atom is -0.320 e. The van der Waals surface area contributed by atoms with Gasteiger partial charge in [-0.15, -0.1) is 0 Å². The van der Waals surface area contributed by atoms with Crippen LogP contribution in [0.1, 0.15) is 49.3 Å². The molecule has 6 nitrogen and oxygen atoms in total. The highest BCUT2D eigenvalue weighted by Gasteiger charge is 2.25. The van der Waals surface area contributed by atoms with Crippen LogP contribution in [0.2, 0.25) is 0 Å². The van der Waals surface area contributed by atoms with Crippen molar-refractivity contribution < 1.29 is 0 Å². The predicted octanol–water partition coefficient (Wildman–Crippen LogP) is 4.21. The molecule has 0 N–H and O–H groups in total. The molecule has 0 amide bonds. The smallest absolute Gasteiger partial charge is 0.320 e. The molecular formula is C25H26N4O2. The summed E-state index contributed by atoms with van der Waals surface area (Å²) in [5.74, 6) is 0. The fraction of sp³-hybridized carbons (Fsp3) is 0.320. The Kier molecular flexibility index (Phi) is 5.06. The normalized spacial score (nSPS) is 14.9. The van der Waals surface area contributed by atoms with E-state index < -0.39 is 0 Å². The Hall–Kier alpha value is -3.41. The molecule has 0 unspecified atom stereocenters. The zero-order chi connectivity index (χ0) is 21.4. The second-order valence-corrected chi connectivity index (χ2v) is 8.45. The van der Waals surface area contributed by atoms with Crippen molar-refractivity contribution in [3.05, 3.63) is 92.9 Å². The summed E-state index contributed by atoms with van der Waals surface area (Å²) in [6, 6.07) is 17.7. The lowest BCUT2D eigenvalue weighted by molar-refractivity contribution is 0.335. The van der Waals surface area contributed by atoms with E-state index >= 15 is 0 Å². The van der Waals surface area contributed by atoms with Gasteiger partial charge in [0.1, 0.15) is 0 Å². The van der Waals surface area contributed by atoms with E-state index in [0.717, 1.165) is 43.4 Å². The van der Waals surface area contributed by atoms with E-state index in [1.54, 1.807) is 10.9 Å². The summed E-state index contributed by atoms with van der Waals surface area (Å²) in [7, 11) is 0.